The van der Waals surface area contributed by atoms with E-state index < -0.39 is 86.8 Å². The lowest BCUT2D eigenvalue weighted by Gasteiger charge is -2.46. The molecular weight excluding hydrogens is 1330 g/mol. The number of hydrogen-bond acceptors (Lipinski definition) is 13. The Morgan fingerprint density at radius 3 is 1.00 bits per heavy atom. The van der Waals surface area contributed by atoms with Crippen LogP contribution in [0.1, 0.15) is 386 Å². The molecule has 0 spiro atoms. The lowest BCUT2D eigenvalue weighted by atomic mass is 9.97. The number of aliphatic hydroxyl groups is 8. The zero-order chi connectivity index (χ0) is 76.5. The summed E-state index contributed by atoms with van der Waals surface area (Å²) >= 11 is 0. The molecule has 0 aromatic carbocycles. The van der Waals surface area contributed by atoms with Crippen molar-refractivity contribution in [3.05, 3.63) is 97.2 Å². The molecule has 12 atom stereocenters. The maximum atomic E-state index is 13.4. The van der Waals surface area contributed by atoms with Crippen molar-refractivity contribution in [3.8, 4) is 0 Å². The van der Waals surface area contributed by atoms with Gasteiger partial charge in [-0.15, -0.1) is 0 Å². The number of unbranched alkanes of at least 4 members (excludes halogenated alkanes) is 48. The standard InChI is InChI=1S/C92H165NO13/c1-3-5-7-9-11-13-15-17-19-21-23-25-27-29-31-33-35-36-37-38-39-40-41-42-43-44-46-48-50-52-54-56-58-60-62-64-66-68-70-72-74-76-84(97)93-80(79-103-91-89(102)87(100)90(83(78-95)105-91)106-92-88(101)86(99)85(98)82(77-94)104-92)81(96)75-73-71-69-67-65-63-61-59-57-55-53-51-49-47-45-34-32-30-28-26-24-22-20-18-16-14-12-10-8-6-4-2/h5,7,11,13,17,19,23,25,29,31,35-36,38-39,73,75,80-83,85-92,94-96,98-102H,3-4,6,8-10,12,14-16,18,20-22,24,26-28,30,32-34,37,40-72,74,76-79H2,1-2H3,(H,93,97)/b7-5-,13-11-,19-17-,25-23-,31-29-,36-35-,39-38-,75-73+. The monoisotopic (exact) mass is 1490 g/mol. The van der Waals surface area contributed by atoms with E-state index in [9.17, 15) is 45.6 Å². The Morgan fingerprint density at radius 1 is 0.349 bits per heavy atom. The Kier molecular flexibility index (Phi) is 69.7. The Balaban J connectivity index is 1.57. The molecule has 0 saturated carbocycles. The van der Waals surface area contributed by atoms with E-state index in [1.165, 1.54) is 276 Å². The van der Waals surface area contributed by atoms with Gasteiger partial charge in [-0.25, -0.2) is 0 Å². The van der Waals surface area contributed by atoms with Crippen LogP contribution < -0.4 is 5.32 Å². The molecular formula is C92H165NO13. The van der Waals surface area contributed by atoms with Crippen LogP contribution in [-0.2, 0) is 23.7 Å². The molecule has 2 aliphatic heterocycles. The predicted octanol–water partition coefficient (Wildman–Crippen LogP) is 21.6. The summed E-state index contributed by atoms with van der Waals surface area (Å²) in [4.78, 5) is 13.4. The van der Waals surface area contributed by atoms with Gasteiger partial charge in [0.25, 0.3) is 0 Å². The zero-order valence-corrected chi connectivity index (χ0v) is 67.9. The summed E-state index contributed by atoms with van der Waals surface area (Å²) in [6.07, 6.45) is 90.8. The second-order valence-corrected chi connectivity index (χ2v) is 31.0. The highest BCUT2D eigenvalue weighted by atomic mass is 16.7. The Morgan fingerprint density at radius 2 is 0.651 bits per heavy atom. The first kappa shape index (κ1) is 99.0. The third-order valence-electron chi connectivity index (χ3n) is 21.3. The van der Waals surface area contributed by atoms with Crippen molar-refractivity contribution in [1.29, 1.82) is 0 Å². The van der Waals surface area contributed by atoms with Crippen LogP contribution in [0, 0.1) is 0 Å². The largest absolute Gasteiger partial charge is 0.394 e. The number of aliphatic hydroxyl groups excluding tert-OH is 8. The smallest absolute Gasteiger partial charge is 0.220 e. The predicted molar refractivity (Wildman–Crippen MR) is 443 cm³/mol. The van der Waals surface area contributed by atoms with E-state index in [0.717, 1.165) is 83.5 Å². The van der Waals surface area contributed by atoms with Gasteiger partial charge in [-0.1, -0.05) is 400 Å². The average molecular weight is 1490 g/mol. The summed E-state index contributed by atoms with van der Waals surface area (Å²) in [5.41, 5.74) is 0. The van der Waals surface area contributed by atoms with E-state index in [-0.39, 0.29) is 18.9 Å². The number of nitrogens with one attached hydrogen (secondary N) is 1. The molecule has 2 fully saturated rings. The molecule has 1 amide bonds. The first-order valence-corrected chi connectivity index (χ1v) is 44.5. The molecule has 0 aromatic rings. The molecule has 0 bridgehead atoms. The van der Waals surface area contributed by atoms with Crippen molar-refractivity contribution in [2.45, 2.75) is 460 Å². The molecule has 106 heavy (non-hydrogen) atoms. The number of hydrogen-bond donors (Lipinski definition) is 9. The fraction of sp³-hybridized carbons (Fsp3) is 0.815. The van der Waals surface area contributed by atoms with Gasteiger partial charge in [0.1, 0.15) is 48.8 Å². The highest BCUT2D eigenvalue weighted by Gasteiger charge is 2.51. The molecule has 14 nitrogen and oxygen atoms in total. The van der Waals surface area contributed by atoms with Gasteiger partial charge in [0.05, 0.1) is 32.0 Å². The summed E-state index contributed by atoms with van der Waals surface area (Å²) in [6.45, 7) is 2.74. The topological polar surface area (TPSA) is 228 Å². The fourth-order valence-corrected chi connectivity index (χ4v) is 14.3. The Hall–Kier alpha value is -3.09. The first-order chi connectivity index (χ1) is 52.1. The molecule has 14 heteroatoms. The minimum Gasteiger partial charge on any atom is -0.394 e. The maximum absolute atomic E-state index is 13.4. The van der Waals surface area contributed by atoms with Gasteiger partial charge in [-0.05, 0) is 77.0 Å². The van der Waals surface area contributed by atoms with E-state index in [1.54, 1.807) is 6.08 Å². The van der Waals surface area contributed by atoms with Gasteiger partial charge >= 0.3 is 0 Å². The van der Waals surface area contributed by atoms with Gasteiger partial charge < -0.3 is 65.1 Å². The van der Waals surface area contributed by atoms with Gasteiger partial charge in [-0.3, -0.25) is 4.79 Å². The van der Waals surface area contributed by atoms with E-state index in [0.29, 0.717) is 6.42 Å². The van der Waals surface area contributed by atoms with E-state index in [2.05, 4.69) is 104 Å². The van der Waals surface area contributed by atoms with Crippen molar-refractivity contribution in [3.63, 3.8) is 0 Å². The highest BCUT2D eigenvalue weighted by Crippen LogP contribution is 2.30. The summed E-state index contributed by atoms with van der Waals surface area (Å²) in [7, 11) is 0. The SMILES string of the molecule is CC/C=C\C/C=C\C/C=C\C/C=C\C/C=C\C/C=C\C/C=C\CCCCCCCCCCCCCCCCCCCCCC(=O)NC(COC1OC(CO)C(OC2OC(CO)C(O)C(O)C2O)C(O)C1O)C(O)/C=C/CCCCCCCCCCCCCCCCCCCCCCCCCCCCCCC. The van der Waals surface area contributed by atoms with Crippen molar-refractivity contribution >= 4 is 5.91 Å². The van der Waals surface area contributed by atoms with Gasteiger partial charge in [0, 0.05) is 6.42 Å². The van der Waals surface area contributed by atoms with Crippen LogP contribution in [0.15, 0.2) is 97.2 Å². The van der Waals surface area contributed by atoms with Crippen molar-refractivity contribution in [2.75, 3.05) is 19.8 Å². The van der Waals surface area contributed by atoms with Crippen LogP contribution >= 0.6 is 0 Å². The molecule has 2 aliphatic rings. The van der Waals surface area contributed by atoms with Gasteiger partial charge in [-0.2, -0.15) is 0 Å². The second kappa shape index (κ2) is 74.6. The lowest BCUT2D eigenvalue weighted by molar-refractivity contribution is -0.359. The summed E-state index contributed by atoms with van der Waals surface area (Å²) in [6, 6.07) is -0.920. The number of ether oxygens (including phenoxy) is 4. The number of amides is 1. The quantitative estimate of drug-likeness (QED) is 0.0204. The molecule has 0 aliphatic carbocycles. The normalized spacial score (nSPS) is 21.8. The second-order valence-electron chi connectivity index (χ2n) is 31.0. The van der Waals surface area contributed by atoms with Crippen LogP contribution in [0.25, 0.3) is 0 Å². The van der Waals surface area contributed by atoms with Crippen LogP contribution in [0.3, 0.4) is 0 Å². The van der Waals surface area contributed by atoms with E-state index in [1.807, 2.05) is 6.08 Å². The van der Waals surface area contributed by atoms with Crippen LogP contribution in [0.4, 0.5) is 0 Å². The molecule has 0 radical (unpaired) electrons. The molecule has 2 saturated heterocycles. The minimum absolute atomic E-state index is 0.234. The maximum Gasteiger partial charge on any atom is 0.220 e. The highest BCUT2D eigenvalue weighted by molar-refractivity contribution is 5.76. The molecule has 616 valence electrons. The van der Waals surface area contributed by atoms with Gasteiger partial charge in [0.2, 0.25) is 5.91 Å². The van der Waals surface area contributed by atoms with Crippen molar-refractivity contribution in [2.24, 2.45) is 0 Å². The van der Waals surface area contributed by atoms with Crippen LogP contribution in [0.5, 0.6) is 0 Å². The van der Waals surface area contributed by atoms with Gasteiger partial charge in [0.15, 0.2) is 12.6 Å². The number of rotatable bonds is 75. The van der Waals surface area contributed by atoms with Crippen molar-refractivity contribution in [1.82, 2.24) is 5.32 Å². The lowest BCUT2D eigenvalue weighted by Crippen LogP contribution is -2.65. The third-order valence-corrected chi connectivity index (χ3v) is 21.3. The number of carbonyl (C=O) groups is 1. The third kappa shape index (κ3) is 56.2. The molecule has 12 unspecified atom stereocenters. The Bertz CT molecular complexity index is 2160. The van der Waals surface area contributed by atoms with E-state index >= 15 is 0 Å². The molecule has 9 N–H and O–H groups in total. The fourth-order valence-electron chi connectivity index (χ4n) is 14.3. The summed E-state index contributed by atoms with van der Waals surface area (Å²) < 4.78 is 23.0. The zero-order valence-electron chi connectivity index (χ0n) is 67.9. The number of allylic oxidation sites excluding steroid dienone is 15. The van der Waals surface area contributed by atoms with Crippen LogP contribution in [-0.4, -0.2) is 140 Å². The number of carbonyl (C=O) groups excluding carboxylic acids is 1. The van der Waals surface area contributed by atoms with E-state index in [4.69, 9.17) is 18.9 Å². The van der Waals surface area contributed by atoms with Crippen molar-refractivity contribution < 1.29 is 64.6 Å². The molecule has 0 aromatic heterocycles. The molecule has 2 rings (SSSR count). The average Bonchev–Trinajstić information content (AvgIpc) is 0.790. The van der Waals surface area contributed by atoms with Crippen LogP contribution in [0.2, 0.25) is 0 Å². The first-order valence-electron chi connectivity index (χ1n) is 44.5. The minimum atomic E-state index is -1.79. The summed E-state index contributed by atoms with van der Waals surface area (Å²) in [5, 5.41) is 87.9. The molecule has 2 heterocycles. The summed E-state index contributed by atoms with van der Waals surface area (Å²) in [5.74, 6) is -0.234. The Labute approximate surface area is 649 Å².